The molecule has 2 aromatic carbocycles. The van der Waals surface area contributed by atoms with E-state index in [9.17, 15) is 14.3 Å². The number of aromatic hydroxyl groups is 1. The molecule has 0 radical (unpaired) electrons. The number of nitrogens with zero attached hydrogens (tertiary/aromatic N) is 2. The van der Waals surface area contributed by atoms with E-state index in [0.717, 1.165) is 17.3 Å². The number of H-pyrrole nitrogens is 1. The number of nitrogens with one attached hydrogen (secondary N) is 1. The number of hydrogen-bond acceptors (Lipinski definition) is 3. The molecule has 1 atom stereocenters. The minimum atomic E-state index is -0.751. The predicted molar refractivity (Wildman–Crippen MR) is 92.6 cm³/mol. The summed E-state index contributed by atoms with van der Waals surface area (Å²) in [7, 11) is 1.56. The molecular weight excluding hydrogens is 321 g/mol. The molecule has 3 aromatic rings. The number of benzene rings is 2. The van der Waals surface area contributed by atoms with Gasteiger partial charge in [-0.25, -0.2) is 4.39 Å². The standard InChI is InChI=1S/C19H18FN3O2/c1-12(15-11-16(22-21-15)13-7-4-3-5-8-13)23(2)19(25)18-14(20)9-6-10-17(18)24/h3-12,24H,1-2H3,(H,21,22). The van der Waals surface area contributed by atoms with Crippen molar-refractivity contribution in [3.05, 3.63) is 71.7 Å². The highest BCUT2D eigenvalue weighted by Gasteiger charge is 2.25. The molecule has 0 spiro atoms. The Morgan fingerprint density at radius 3 is 2.60 bits per heavy atom. The van der Waals surface area contributed by atoms with Crippen LogP contribution in [0.3, 0.4) is 0 Å². The van der Waals surface area contributed by atoms with Crippen molar-refractivity contribution in [2.75, 3.05) is 7.05 Å². The Labute approximate surface area is 144 Å². The summed E-state index contributed by atoms with van der Waals surface area (Å²) in [6, 6.07) is 14.9. The van der Waals surface area contributed by atoms with Gasteiger partial charge in [0.05, 0.1) is 17.4 Å². The van der Waals surface area contributed by atoms with E-state index in [4.69, 9.17) is 0 Å². The molecule has 0 bridgehead atoms. The molecular formula is C19H18FN3O2. The van der Waals surface area contributed by atoms with Crippen LogP contribution in [-0.4, -0.2) is 33.2 Å². The van der Waals surface area contributed by atoms with Crippen LogP contribution >= 0.6 is 0 Å². The first-order chi connectivity index (χ1) is 12.0. The number of aromatic nitrogens is 2. The van der Waals surface area contributed by atoms with Gasteiger partial charge in [0, 0.05) is 12.6 Å². The maximum absolute atomic E-state index is 13.9. The molecule has 1 unspecified atom stereocenters. The van der Waals surface area contributed by atoms with Crippen LogP contribution in [0, 0.1) is 5.82 Å². The number of hydrogen-bond donors (Lipinski definition) is 2. The summed E-state index contributed by atoms with van der Waals surface area (Å²) in [6.07, 6.45) is 0. The molecule has 25 heavy (non-hydrogen) atoms. The fourth-order valence-electron chi connectivity index (χ4n) is 2.59. The molecule has 128 valence electrons. The van der Waals surface area contributed by atoms with Gasteiger partial charge in [-0.15, -0.1) is 0 Å². The fraction of sp³-hybridized carbons (Fsp3) is 0.158. The molecule has 1 aromatic heterocycles. The van der Waals surface area contributed by atoms with Gasteiger partial charge in [0.15, 0.2) is 0 Å². The largest absolute Gasteiger partial charge is 0.507 e. The summed E-state index contributed by atoms with van der Waals surface area (Å²) in [5, 5.41) is 17.0. The first kappa shape index (κ1) is 16.7. The first-order valence-corrected chi connectivity index (χ1v) is 7.84. The summed E-state index contributed by atoms with van der Waals surface area (Å²) in [5.41, 5.74) is 2.10. The number of carbonyl (C=O) groups is 1. The predicted octanol–water partition coefficient (Wildman–Crippen LogP) is 3.75. The highest BCUT2D eigenvalue weighted by Crippen LogP contribution is 2.27. The smallest absolute Gasteiger partial charge is 0.260 e. The second-order valence-electron chi connectivity index (χ2n) is 5.80. The van der Waals surface area contributed by atoms with Crippen LogP contribution in [-0.2, 0) is 0 Å². The molecule has 2 N–H and O–H groups in total. The molecule has 0 aliphatic carbocycles. The van der Waals surface area contributed by atoms with Gasteiger partial charge >= 0.3 is 0 Å². The van der Waals surface area contributed by atoms with Crippen LogP contribution in [0.25, 0.3) is 11.3 Å². The molecule has 5 nitrogen and oxygen atoms in total. The summed E-state index contributed by atoms with van der Waals surface area (Å²) in [5.74, 6) is -1.73. The average molecular weight is 339 g/mol. The third-order valence-corrected chi connectivity index (χ3v) is 4.22. The Morgan fingerprint density at radius 2 is 1.92 bits per heavy atom. The minimum Gasteiger partial charge on any atom is -0.507 e. The number of carbonyl (C=O) groups excluding carboxylic acids is 1. The summed E-state index contributed by atoms with van der Waals surface area (Å²) >= 11 is 0. The van der Waals surface area contributed by atoms with Crippen LogP contribution in [0.5, 0.6) is 5.75 Å². The summed E-state index contributed by atoms with van der Waals surface area (Å²) in [6.45, 7) is 1.80. The SMILES string of the molecule is CC(c1cc(-c2ccccc2)n[nH]1)N(C)C(=O)c1c(O)cccc1F. The molecule has 0 saturated carbocycles. The van der Waals surface area contributed by atoms with E-state index < -0.39 is 11.7 Å². The normalized spacial score (nSPS) is 12.0. The first-order valence-electron chi connectivity index (χ1n) is 7.84. The second kappa shape index (κ2) is 6.76. The third kappa shape index (κ3) is 3.24. The van der Waals surface area contributed by atoms with E-state index in [1.807, 2.05) is 36.4 Å². The zero-order valence-electron chi connectivity index (χ0n) is 13.9. The van der Waals surface area contributed by atoms with Crippen LogP contribution in [0.2, 0.25) is 0 Å². The van der Waals surface area contributed by atoms with Crippen molar-refractivity contribution >= 4 is 5.91 Å². The van der Waals surface area contributed by atoms with Gasteiger partial charge in [0.2, 0.25) is 0 Å². The molecule has 0 aliphatic heterocycles. The Balaban J connectivity index is 1.84. The van der Waals surface area contributed by atoms with Gasteiger partial charge in [0.1, 0.15) is 17.1 Å². The van der Waals surface area contributed by atoms with Crippen molar-refractivity contribution < 1.29 is 14.3 Å². The fourth-order valence-corrected chi connectivity index (χ4v) is 2.59. The summed E-state index contributed by atoms with van der Waals surface area (Å²) in [4.78, 5) is 13.9. The van der Waals surface area contributed by atoms with E-state index in [2.05, 4.69) is 10.2 Å². The van der Waals surface area contributed by atoms with Crippen molar-refractivity contribution in [2.45, 2.75) is 13.0 Å². The lowest BCUT2D eigenvalue weighted by atomic mass is 10.1. The average Bonchev–Trinajstić information content (AvgIpc) is 3.11. The van der Waals surface area contributed by atoms with Crippen LogP contribution in [0.15, 0.2) is 54.6 Å². The second-order valence-corrected chi connectivity index (χ2v) is 5.80. The number of aromatic amines is 1. The Morgan fingerprint density at radius 1 is 1.20 bits per heavy atom. The summed E-state index contributed by atoms with van der Waals surface area (Å²) < 4.78 is 13.9. The van der Waals surface area contributed by atoms with E-state index in [-0.39, 0.29) is 17.4 Å². The van der Waals surface area contributed by atoms with Crippen molar-refractivity contribution in [3.63, 3.8) is 0 Å². The number of rotatable bonds is 4. The molecule has 1 heterocycles. The molecule has 3 rings (SSSR count). The van der Waals surface area contributed by atoms with Gasteiger partial charge in [-0.2, -0.15) is 5.10 Å². The third-order valence-electron chi connectivity index (χ3n) is 4.22. The number of phenolic OH excluding ortho intramolecular Hbond substituents is 1. The van der Waals surface area contributed by atoms with Crippen molar-refractivity contribution in [2.24, 2.45) is 0 Å². The van der Waals surface area contributed by atoms with E-state index >= 15 is 0 Å². The van der Waals surface area contributed by atoms with Gasteiger partial charge < -0.3 is 10.0 Å². The molecule has 6 heteroatoms. The topological polar surface area (TPSA) is 69.2 Å². The zero-order chi connectivity index (χ0) is 18.0. The van der Waals surface area contributed by atoms with Crippen LogP contribution in [0.4, 0.5) is 4.39 Å². The van der Waals surface area contributed by atoms with Crippen molar-refractivity contribution in [1.82, 2.24) is 15.1 Å². The lowest BCUT2D eigenvalue weighted by Gasteiger charge is -2.24. The monoisotopic (exact) mass is 339 g/mol. The van der Waals surface area contributed by atoms with Crippen molar-refractivity contribution in [1.29, 1.82) is 0 Å². The van der Waals surface area contributed by atoms with Crippen molar-refractivity contribution in [3.8, 4) is 17.0 Å². The Hall–Kier alpha value is -3.15. The van der Waals surface area contributed by atoms with Crippen LogP contribution < -0.4 is 0 Å². The molecule has 0 saturated heterocycles. The molecule has 0 fully saturated rings. The van der Waals surface area contributed by atoms with Gasteiger partial charge in [-0.05, 0) is 25.1 Å². The van der Waals surface area contributed by atoms with E-state index in [0.29, 0.717) is 5.69 Å². The van der Waals surface area contributed by atoms with Gasteiger partial charge in [0.25, 0.3) is 5.91 Å². The number of halogens is 1. The highest BCUT2D eigenvalue weighted by atomic mass is 19.1. The minimum absolute atomic E-state index is 0.334. The lowest BCUT2D eigenvalue weighted by molar-refractivity contribution is 0.0731. The maximum Gasteiger partial charge on any atom is 0.260 e. The zero-order valence-corrected chi connectivity index (χ0v) is 13.9. The van der Waals surface area contributed by atoms with Crippen LogP contribution in [0.1, 0.15) is 29.0 Å². The molecule has 0 aliphatic rings. The maximum atomic E-state index is 13.9. The lowest BCUT2D eigenvalue weighted by Crippen LogP contribution is -2.30. The number of amides is 1. The highest BCUT2D eigenvalue weighted by molar-refractivity contribution is 5.97. The number of phenols is 1. The Kier molecular flexibility index (Phi) is 4.52. The van der Waals surface area contributed by atoms with E-state index in [1.165, 1.54) is 17.0 Å². The molecule has 1 amide bonds. The van der Waals surface area contributed by atoms with Gasteiger partial charge in [-0.1, -0.05) is 36.4 Å². The van der Waals surface area contributed by atoms with E-state index in [1.54, 1.807) is 14.0 Å². The Bertz CT molecular complexity index is 872. The van der Waals surface area contributed by atoms with Gasteiger partial charge in [-0.3, -0.25) is 9.89 Å². The quantitative estimate of drug-likeness (QED) is 0.760.